The summed E-state index contributed by atoms with van der Waals surface area (Å²) >= 11 is 0. The van der Waals surface area contributed by atoms with Gasteiger partial charge >= 0.3 is 0 Å². The van der Waals surface area contributed by atoms with Crippen LogP contribution in [-0.4, -0.2) is 25.8 Å². The van der Waals surface area contributed by atoms with Crippen molar-refractivity contribution in [1.82, 2.24) is 4.31 Å². The summed E-state index contributed by atoms with van der Waals surface area (Å²) in [6.45, 7) is 1.67. The summed E-state index contributed by atoms with van der Waals surface area (Å²) in [5.74, 6) is 0. The third-order valence-corrected chi connectivity index (χ3v) is 4.12. The maximum Gasteiger partial charge on any atom is 0.244 e. The van der Waals surface area contributed by atoms with E-state index >= 15 is 0 Å². The summed E-state index contributed by atoms with van der Waals surface area (Å²) in [6.07, 6.45) is 0. The van der Waals surface area contributed by atoms with Gasteiger partial charge in [0.1, 0.15) is 6.54 Å². The normalized spacial score (nSPS) is 10.8. The minimum absolute atomic E-state index is 0.0358. The summed E-state index contributed by atoms with van der Waals surface area (Å²) in [7, 11) is -3.69. The average Bonchev–Trinajstić information content (AvgIpc) is 2.35. The van der Waals surface area contributed by atoms with Crippen molar-refractivity contribution in [3.05, 3.63) is 29.8 Å². The van der Waals surface area contributed by atoms with Crippen LogP contribution in [0.5, 0.6) is 0 Å². The number of rotatable bonds is 4. The number of benzene rings is 1. The van der Waals surface area contributed by atoms with Crippen LogP contribution in [0, 0.1) is 22.7 Å². The molecule has 0 radical (unpaired) electrons. The van der Waals surface area contributed by atoms with Crippen LogP contribution < -0.4 is 0 Å². The van der Waals surface area contributed by atoms with E-state index in [1.54, 1.807) is 13.0 Å². The van der Waals surface area contributed by atoms with E-state index in [-0.39, 0.29) is 23.5 Å². The first kappa shape index (κ1) is 13.2. The largest absolute Gasteiger partial charge is 0.244 e. The van der Waals surface area contributed by atoms with Crippen LogP contribution >= 0.6 is 0 Å². The third kappa shape index (κ3) is 2.82. The molecule has 0 saturated carbocycles. The number of hydrogen-bond donors (Lipinski definition) is 0. The lowest BCUT2D eigenvalue weighted by Gasteiger charge is -2.16. The van der Waals surface area contributed by atoms with Gasteiger partial charge in [-0.05, 0) is 18.2 Å². The van der Waals surface area contributed by atoms with Gasteiger partial charge in [0.05, 0.1) is 22.6 Å². The summed E-state index contributed by atoms with van der Waals surface area (Å²) in [5, 5.41) is 17.3. The van der Waals surface area contributed by atoms with E-state index in [0.29, 0.717) is 0 Å². The fourth-order valence-electron chi connectivity index (χ4n) is 1.32. The highest BCUT2D eigenvalue weighted by atomic mass is 32.2. The predicted octanol–water partition coefficient (Wildman–Crippen LogP) is 1.09. The highest BCUT2D eigenvalue weighted by molar-refractivity contribution is 7.89. The second-order valence-corrected chi connectivity index (χ2v) is 5.17. The monoisotopic (exact) mass is 249 g/mol. The van der Waals surface area contributed by atoms with Crippen molar-refractivity contribution in [1.29, 1.82) is 10.5 Å². The van der Waals surface area contributed by atoms with Gasteiger partial charge in [0.25, 0.3) is 0 Å². The summed E-state index contributed by atoms with van der Waals surface area (Å²) < 4.78 is 25.2. The van der Waals surface area contributed by atoms with Gasteiger partial charge in [-0.25, -0.2) is 8.42 Å². The van der Waals surface area contributed by atoms with Crippen LogP contribution in [0.4, 0.5) is 0 Å². The first-order chi connectivity index (χ1) is 8.06. The Balaban J connectivity index is 3.22. The zero-order valence-corrected chi connectivity index (χ0v) is 10.1. The standard InChI is InChI=1S/C11H11N3O2S/c1-2-14(7-6-12)17(15,16)11-5-3-4-10(8-11)9-13/h3-5,8H,2,7H2,1H3. The molecule has 0 heterocycles. The van der Waals surface area contributed by atoms with Crippen LogP contribution in [0.3, 0.4) is 0 Å². The van der Waals surface area contributed by atoms with E-state index in [2.05, 4.69) is 0 Å². The molecule has 0 aliphatic carbocycles. The minimum atomic E-state index is -3.69. The maximum atomic E-state index is 12.1. The van der Waals surface area contributed by atoms with Crippen LogP contribution in [0.1, 0.15) is 12.5 Å². The Bertz CT molecular complexity index is 581. The molecule has 5 nitrogen and oxygen atoms in total. The lowest BCUT2D eigenvalue weighted by atomic mass is 10.2. The van der Waals surface area contributed by atoms with E-state index in [9.17, 15) is 8.42 Å². The molecule has 0 bridgehead atoms. The van der Waals surface area contributed by atoms with Gasteiger partial charge < -0.3 is 0 Å². The van der Waals surface area contributed by atoms with E-state index in [4.69, 9.17) is 10.5 Å². The first-order valence-corrected chi connectivity index (χ1v) is 6.37. The Hall–Kier alpha value is -1.89. The van der Waals surface area contributed by atoms with E-state index in [0.717, 1.165) is 4.31 Å². The Kier molecular flexibility index (Phi) is 4.22. The molecule has 1 aromatic rings. The molecule has 0 unspecified atom stereocenters. The van der Waals surface area contributed by atoms with Gasteiger partial charge in [-0.15, -0.1) is 0 Å². The minimum Gasteiger partial charge on any atom is -0.207 e. The van der Waals surface area contributed by atoms with Crippen molar-refractivity contribution in [2.24, 2.45) is 0 Å². The van der Waals surface area contributed by atoms with Crippen molar-refractivity contribution in [3.8, 4) is 12.1 Å². The molecule has 0 aliphatic heterocycles. The summed E-state index contributed by atoms with van der Waals surface area (Å²) in [6, 6.07) is 9.43. The topological polar surface area (TPSA) is 85.0 Å². The van der Waals surface area contributed by atoms with Gasteiger partial charge in [0.15, 0.2) is 0 Å². The number of sulfonamides is 1. The van der Waals surface area contributed by atoms with Gasteiger partial charge in [0.2, 0.25) is 10.0 Å². The van der Waals surface area contributed by atoms with Crippen LogP contribution in [0.2, 0.25) is 0 Å². The van der Waals surface area contributed by atoms with E-state index in [1.165, 1.54) is 24.3 Å². The SMILES string of the molecule is CCN(CC#N)S(=O)(=O)c1cccc(C#N)c1. The van der Waals surface area contributed by atoms with Gasteiger partial charge in [-0.1, -0.05) is 13.0 Å². The zero-order chi connectivity index (χ0) is 12.9. The molecule has 0 aliphatic rings. The Morgan fingerprint density at radius 1 is 1.35 bits per heavy atom. The van der Waals surface area contributed by atoms with Gasteiger partial charge in [-0.2, -0.15) is 14.8 Å². The maximum absolute atomic E-state index is 12.1. The second kappa shape index (κ2) is 5.44. The van der Waals surface area contributed by atoms with Crippen LogP contribution in [-0.2, 0) is 10.0 Å². The average molecular weight is 249 g/mol. The molecule has 17 heavy (non-hydrogen) atoms. The van der Waals surface area contributed by atoms with Crippen molar-refractivity contribution in [2.45, 2.75) is 11.8 Å². The molecular formula is C11H11N3O2S. The number of hydrogen-bond acceptors (Lipinski definition) is 4. The molecular weight excluding hydrogens is 238 g/mol. The highest BCUT2D eigenvalue weighted by Gasteiger charge is 2.22. The number of nitrogens with zero attached hydrogens (tertiary/aromatic N) is 3. The Morgan fingerprint density at radius 3 is 2.59 bits per heavy atom. The van der Waals surface area contributed by atoms with Crippen molar-refractivity contribution >= 4 is 10.0 Å². The fraction of sp³-hybridized carbons (Fsp3) is 0.273. The van der Waals surface area contributed by atoms with Crippen LogP contribution in [0.15, 0.2) is 29.2 Å². The third-order valence-electron chi connectivity index (χ3n) is 2.20. The zero-order valence-electron chi connectivity index (χ0n) is 9.29. The molecule has 0 aromatic heterocycles. The molecule has 0 fully saturated rings. The molecule has 0 saturated heterocycles. The molecule has 0 N–H and O–H groups in total. The molecule has 1 rings (SSSR count). The van der Waals surface area contributed by atoms with E-state index < -0.39 is 10.0 Å². The van der Waals surface area contributed by atoms with Crippen molar-refractivity contribution in [3.63, 3.8) is 0 Å². The Morgan fingerprint density at radius 2 is 2.06 bits per heavy atom. The molecule has 6 heteroatoms. The van der Waals surface area contributed by atoms with Gasteiger partial charge in [0, 0.05) is 6.54 Å². The van der Waals surface area contributed by atoms with Gasteiger partial charge in [-0.3, -0.25) is 0 Å². The Labute approximate surface area is 101 Å². The molecule has 0 spiro atoms. The first-order valence-electron chi connectivity index (χ1n) is 4.93. The fourth-order valence-corrected chi connectivity index (χ4v) is 2.71. The van der Waals surface area contributed by atoms with E-state index in [1.807, 2.05) is 6.07 Å². The highest BCUT2D eigenvalue weighted by Crippen LogP contribution is 2.16. The quantitative estimate of drug-likeness (QED) is 0.747. The van der Waals surface area contributed by atoms with Crippen LogP contribution in [0.25, 0.3) is 0 Å². The molecule has 0 atom stereocenters. The summed E-state index contributed by atoms with van der Waals surface area (Å²) in [4.78, 5) is 0.0358. The molecule has 1 aromatic carbocycles. The lowest BCUT2D eigenvalue weighted by Crippen LogP contribution is -2.31. The lowest BCUT2D eigenvalue weighted by molar-refractivity contribution is 0.462. The second-order valence-electron chi connectivity index (χ2n) is 3.23. The summed E-state index contributed by atoms with van der Waals surface area (Å²) in [5.41, 5.74) is 0.277. The molecule has 88 valence electrons. The smallest absolute Gasteiger partial charge is 0.207 e. The number of nitriles is 2. The van der Waals surface area contributed by atoms with Crippen molar-refractivity contribution < 1.29 is 8.42 Å². The molecule has 0 amide bonds. The van der Waals surface area contributed by atoms with Crippen molar-refractivity contribution in [2.75, 3.05) is 13.1 Å². The predicted molar refractivity (Wildman–Crippen MR) is 61.2 cm³/mol.